The molecular formula is C14H20N4S. The molecule has 19 heavy (non-hydrogen) atoms. The molecule has 2 aromatic rings. The number of fused-ring (bicyclic) bond motifs is 1. The number of rotatable bonds is 4. The lowest BCUT2D eigenvalue weighted by Gasteiger charge is -2.23. The van der Waals surface area contributed by atoms with E-state index in [4.69, 9.17) is 0 Å². The Morgan fingerprint density at radius 3 is 3.16 bits per heavy atom. The second kappa shape index (κ2) is 5.43. The Hall–Kier alpha value is -1.20. The molecular weight excluding hydrogens is 256 g/mol. The van der Waals surface area contributed by atoms with Crippen molar-refractivity contribution >= 4 is 11.3 Å². The molecule has 5 heteroatoms. The maximum absolute atomic E-state index is 4.47. The molecule has 0 spiro atoms. The van der Waals surface area contributed by atoms with Gasteiger partial charge in [0.15, 0.2) is 0 Å². The molecule has 1 aliphatic heterocycles. The van der Waals surface area contributed by atoms with Crippen molar-refractivity contribution in [1.29, 1.82) is 0 Å². The molecule has 1 atom stereocenters. The summed E-state index contributed by atoms with van der Waals surface area (Å²) in [7, 11) is 0. The van der Waals surface area contributed by atoms with Crippen LogP contribution < -0.4 is 5.32 Å². The quantitative estimate of drug-likeness (QED) is 0.932. The van der Waals surface area contributed by atoms with Crippen molar-refractivity contribution in [2.24, 2.45) is 5.92 Å². The van der Waals surface area contributed by atoms with Crippen molar-refractivity contribution in [3.05, 3.63) is 33.8 Å². The van der Waals surface area contributed by atoms with E-state index >= 15 is 0 Å². The fraction of sp³-hybridized carbons (Fsp3) is 0.571. The van der Waals surface area contributed by atoms with Gasteiger partial charge in [0.1, 0.15) is 5.82 Å². The standard InChI is InChI=1S/C14H20N4S/c1-10-13(19-11(2)17-10)8-15-7-12-3-4-14-16-5-6-18(14)9-12/h5-6,12,15H,3-4,7-9H2,1-2H3/t12-/m1/s1. The van der Waals surface area contributed by atoms with Crippen molar-refractivity contribution in [3.8, 4) is 0 Å². The van der Waals surface area contributed by atoms with Crippen LogP contribution in [0.1, 0.15) is 27.8 Å². The number of nitrogens with one attached hydrogen (secondary N) is 1. The zero-order chi connectivity index (χ0) is 13.2. The highest BCUT2D eigenvalue weighted by atomic mass is 32.1. The third kappa shape index (κ3) is 2.87. The van der Waals surface area contributed by atoms with Crippen molar-refractivity contribution in [3.63, 3.8) is 0 Å². The molecule has 0 saturated heterocycles. The summed E-state index contributed by atoms with van der Waals surface area (Å²) in [6.45, 7) is 7.30. The predicted molar refractivity (Wildman–Crippen MR) is 77.3 cm³/mol. The lowest BCUT2D eigenvalue weighted by molar-refractivity contribution is 0.348. The Balaban J connectivity index is 1.50. The number of aryl methyl sites for hydroxylation is 3. The van der Waals surface area contributed by atoms with Gasteiger partial charge in [-0.15, -0.1) is 11.3 Å². The third-order valence-corrected chi connectivity index (χ3v) is 4.82. The number of nitrogens with zero attached hydrogens (tertiary/aromatic N) is 3. The van der Waals surface area contributed by atoms with Gasteiger partial charge in [-0.05, 0) is 26.2 Å². The SMILES string of the molecule is Cc1nc(C)c(CNC[C@H]2CCc3nccn3C2)s1. The maximum Gasteiger partial charge on any atom is 0.108 e. The molecule has 0 aromatic carbocycles. The van der Waals surface area contributed by atoms with Crippen molar-refractivity contribution in [2.75, 3.05) is 6.54 Å². The third-order valence-electron chi connectivity index (χ3n) is 3.75. The van der Waals surface area contributed by atoms with Crippen LogP contribution in [0.2, 0.25) is 0 Å². The molecule has 0 unspecified atom stereocenters. The van der Waals surface area contributed by atoms with Crippen LogP contribution in [-0.4, -0.2) is 21.1 Å². The number of hydrogen-bond acceptors (Lipinski definition) is 4. The fourth-order valence-corrected chi connectivity index (χ4v) is 3.64. The highest BCUT2D eigenvalue weighted by Gasteiger charge is 2.18. The Kier molecular flexibility index (Phi) is 3.66. The van der Waals surface area contributed by atoms with Gasteiger partial charge in [-0.25, -0.2) is 9.97 Å². The van der Waals surface area contributed by atoms with E-state index in [-0.39, 0.29) is 0 Å². The molecule has 0 saturated carbocycles. The summed E-state index contributed by atoms with van der Waals surface area (Å²) in [6, 6.07) is 0. The average molecular weight is 276 g/mol. The molecule has 1 aliphatic rings. The largest absolute Gasteiger partial charge is 0.335 e. The van der Waals surface area contributed by atoms with Crippen LogP contribution in [0.4, 0.5) is 0 Å². The van der Waals surface area contributed by atoms with E-state index < -0.39 is 0 Å². The van der Waals surface area contributed by atoms with Gasteiger partial charge in [0.2, 0.25) is 0 Å². The van der Waals surface area contributed by atoms with Gasteiger partial charge in [-0.2, -0.15) is 0 Å². The Bertz CT molecular complexity index is 558. The highest BCUT2D eigenvalue weighted by molar-refractivity contribution is 7.11. The Morgan fingerprint density at radius 2 is 2.37 bits per heavy atom. The zero-order valence-corrected chi connectivity index (χ0v) is 12.3. The van der Waals surface area contributed by atoms with Crippen molar-refractivity contribution in [1.82, 2.24) is 19.9 Å². The van der Waals surface area contributed by atoms with E-state index in [1.807, 2.05) is 6.20 Å². The summed E-state index contributed by atoms with van der Waals surface area (Å²) >= 11 is 1.80. The molecule has 0 radical (unpaired) electrons. The minimum Gasteiger partial charge on any atom is -0.335 e. The predicted octanol–water partition coefficient (Wildman–Crippen LogP) is 2.31. The smallest absolute Gasteiger partial charge is 0.108 e. The average Bonchev–Trinajstić information content (AvgIpc) is 2.96. The zero-order valence-electron chi connectivity index (χ0n) is 11.5. The first-order valence-electron chi connectivity index (χ1n) is 6.86. The van der Waals surface area contributed by atoms with Gasteiger partial charge in [-0.3, -0.25) is 0 Å². The summed E-state index contributed by atoms with van der Waals surface area (Å²) < 4.78 is 2.29. The normalized spacial score (nSPS) is 18.5. The molecule has 0 aliphatic carbocycles. The first-order chi connectivity index (χ1) is 9.22. The monoisotopic (exact) mass is 276 g/mol. The lowest BCUT2D eigenvalue weighted by Crippen LogP contribution is -2.29. The summed E-state index contributed by atoms with van der Waals surface area (Å²) in [5.41, 5.74) is 1.18. The molecule has 3 heterocycles. The highest BCUT2D eigenvalue weighted by Crippen LogP contribution is 2.19. The number of aromatic nitrogens is 3. The molecule has 3 rings (SSSR count). The van der Waals surface area contributed by atoms with Crippen LogP contribution in [-0.2, 0) is 19.5 Å². The molecule has 2 aromatic heterocycles. The summed E-state index contributed by atoms with van der Waals surface area (Å²) in [6.07, 6.45) is 6.36. The van der Waals surface area contributed by atoms with Crippen LogP contribution in [0.15, 0.2) is 12.4 Å². The van der Waals surface area contributed by atoms with E-state index in [0.29, 0.717) is 0 Å². The molecule has 4 nitrogen and oxygen atoms in total. The summed E-state index contributed by atoms with van der Waals surface area (Å²) in [5, 5.41) is 4.75. The van der Waals surface area contributed by atoms with E-state index in [9.17, 15) is 0 Å². The van der Waals surface area contributed by atoms with Gasteiger partial charge in [0.25, 0.3) is 0 Å². The van der Waals surface area contributed by atoms with Crippen LogP contribution in [0.5, 0.6) is 0 Å². The van der Waals surface area contributed by atoms with E-state index in [1.165, 1.54) is 22.8 Å². The Morgan fingerprint density at radius 1 is 1.47 bits per heavy atom. The molecule has 0 bridgehead atoms. The van der Waals surface area contributed by atoms with E-state index in [1.54, 1.807) is 11.3 Å². The minimum absolute atomic E-state index is 0.719. The van der Waals surface area contributed by atoms with E-state index in [2.05, 4.69) is 39.9 Å². The molecule has 0 amide bonds. The number of thiazole rings is 1. The van der Waals surface area contributed by atoms with Crippen LogP contribution >= 0.6 is 11.3 Å². The van der Waals surface area contributed by atoms with Gasteiger partial charge in [0, 0.05) is 43.3 Å². The van der Waals surface area contributed by atoms with Gasteiger partial charge in [-0.1, -0.05) is 0 Å². The van der Waals surface area contributed by atoms with Crippen LogP contribution in [0.3, 0.4) is 0 Å². The van der Waals surface area contributed by atoms with Crippen LogP contribution in [0, 0.1) is 19.8 Å². The molecule has 1 N–H and O–H groups in total. The minimum atomic E-state index is 0.719. The van der Waals surface area contributed by atoms with Gasteiger partial charge in [0.05, 0.1) is 10.7 Å². The maximum atomic E-state index is 4.47. The van der Waals surface area contributed by atoms with Crippen molar-refractivity contribution in [2.45, 2.75) is 39.8 Å². The second-order valence-electron chi connectivity index (χ2n) is 5.27. The second-order valence-corrected chi connectivity index (χ2v) is 6.56. The summed E-state index contributed by atoms with van der Waals surface area (Å²) in [4.78, 5) is 10.2. The van der Waals surface area contributed by atoms with Crippen molar-refractivity contribution < 1.29 is 0 Å². The van der Waals surface area contributed by atoms with Gasteiger partial charge >= 0.3 is 0 Å². The molecule has 0 fully saturated rings. The van der Waals surface area contributed by atoms with E-state index in [0.717, 1.165) is 37.0 Å². The molecule has 102 valence electrons. The van der Waals surface area contributed by atoms with Gasteiger partial charge < -0.3 is 9.88 Å². The first-order valence-corrected chi connectivity index (χ1v) is 7.67. The Labute approximate surface area is 117 Å². The summed E-state index contributed by atoms with van der Waals surface area (Å²) in [5.74, 6) is 1.96. The lowest BCUT2D eigenvalue weighted by atomic mass is 9.99. The van der Waals surface area contributed by atoms with Crippen LogP contribution in [0.25, 0.3) is 0 Å². The number of imidazole rings is 1. The first kappa shape index (κ1) is 12.8. The topological polar surface area (TPSA) is 42.7 Å². The fourth-order valence-electron chi connectivity index (χ4n) is 2.73. The number of hydrogen-bond donors (Lipinski definition) is 1.